The average Bonchev–Trinajstić information content (AvgIpc) is 3.98. The summed E-state index contributed by atoms with van der Waals surface area (Å²) < 4.78 is 2.61. The maximum Gasteiger partial charge on any atom is 0.164 e. The number of nitrogens with zero attached hydrogens (tertiary/aromatic N) is 3. The molecule has 0 amide bonds. The topological polar surface area (TPSA) is 38.7 Å². The predicted octanol–water partition coefficient (Wildman–Crippen LogP) is 14.9. The third-order valence-electron chi connectivity index (χ3n) is 13.0. The first-order valence-corrected chi connectivity index (χ1v) is 21.9. The van der Waals surface area contributed by atoms with E-state index in [0.717, 1.165) is 27.8 Å². The van der Waals surface area contributed by atoms with E-state index < -0.39 is 0 Å². The van der Waals surface area contributed by atoms with Crippen LogP contribution in [0.25, 0.3) is 98.8 Å². The normalized spacial score (nSPS) is 13.0. The van der Waals surface area contributed by atoms with E-state index in [2.05, 4.69) is 194 Å². The first-order valence-electron chi connectivity index (χ1n) is 21.1. The summed E-state index contributed by atoms with van der Waals surface area (Å²) in [4.78, 5) is 15.2. The summed E-state index contributed by atoms with van der Waals surface area (Å²) in [6, 6.07) is 76.8. The summed E-state index contributed by atoms with van der Waals surface area (Å²) in [7, 11) is 0. The van der Waals surface area contributed by atoms with Crippen LogP contribution in [0, 0.1) is 0 Å². The highest BCUT2D eigenvalue weighted by Crippen LogP contribution is 2.63. The summed E-state index contributed by atoms with van der Waals surface area (Å²) in [6.07, 6.45) is 0. The number of fused-ring (bicyclic) bond motifs is 13. The Labute approximate surface area is 363 Å². The molecule has 0 atom stereocenters. The molecule has 1 spiro atoms. The molecule has 0 saturated heterocycles. The van der Waals surface area contributed by atoms with Crippen molar-refractivity contribution in [1.82, 2.24) is 15.0 Å². The van der Waals surface area contributed by atoms with E-state index in [1.165, 1.54) is 75.8 Å². The highest BCUT2D eigenvalue weighted by atomic mass is 32.1. The van der Waals surface area contributed by atoms with Gasteiger partial charge in [-0.05, 0) is 85.0 Å². The molecule has 0 bridgehead atoms. The van der Waals surface area contributed by atoms with Crippen molar-refractivity contribution in [2.45, 2.75) is 5.41 Å². The smallest absolute Gasteiger partial charge is 0.164 e. The SMILES string of the molecule is c1ccc(-c2nc(-c3ccc(-c4ccc5c(c4)-c4ccccc4C54c5ccccc5-c5ccccc54)cc3)nc(-c3ccc(-c4ccc5c(c4)sc4ccccc45)cc3)n2)cc1. The quantitative estimate of drug-likeness (QED) is 0.174. The van der Waals surface area contributed by atoms with Crippen molar-refractivity contribution < 1.29 is 0 Å². The lowest BCUT2D eigenvalue weighted by Crippen LogP contribution is -2.25. The van der Waals surface area contributed by atoms with Gasteiger partial charge >= 0.3 is 0 Å². The molecule has 0 N–H and O–H groups in total. The van der Waals surface area contributed by atoms with Crippen LogP contribution in [0.4, 0.5) is 0 Å². The van der Waals surface area contributed by atoms with Crippen LogP contribution < -0.4 is 0 Å². The number of thiophene rings is 1. The Morgan fingerprint density at radius 1 is 0.274 bits per heavy atom. The van der Waals surface area contributed by atoms with Gasteiger partial charge in [-0.3, -0.25) is 0 Å². The van der Waals surface area contributed by atoms with Gasteiger partial charge in [0.05, 0.1) is 5.41 Å². The Kier molecular flexibility index (Phi) is 7.69. The number of rotatable bonds is 5. The van der Waals surface area contributed by atoms with E-state index in [0.29, 0.717) is 17.5 Å². The van der Waals surface area contributed by atoms with Gasteiger partial charge in [0.25, 0.3) is 0 Å². The average molecular weight is 806 g/mol. The Morgan fingerprint density at radius 2 is 0.677 bits per heavy atom. The molecule has 9 aromatic carbocycles. The highest BCUT2D eigenvalue weighted by Gasteiger charge is 2.51. The summed E-state index contributed by atoms with van der Waals surface area (Å²) in [5, 5.41) is 2.62. The maximum absolute atomic E-state index is 5.10. The molecule has 4 heteroatoms. The van der Waals surface area contributed by atoms with Gasteiger partial charge in [-0.25, -0.2) is 15.0 Å². The fraction of sp³-hybridized carbons (Fsp3) is 0.0172. The second-order valence-electron chi connectivity index (χ2n) is 16.3. The fourth-order valence-electron chi connectivity index (χ4n) is 10.2. The van der Waals surface area contributed by atoms with E-state index >= 15 is 0 Å². The third-order valence-corrected chi connectivity index (χ3v) is 14.1. The van der Waals surface area contributed by atoms with Gasteiger partial charge in [0.1, 0.15) is 0 Å². The van der Waals surface area contributed by atoms with Crippen molar-refractivity contribution in [1.29, 1.82) is 0 Å². The molecule has 11 aromatic rings. The minimum Gasteiger partial charge on any atom is -0.208 e. The molecule has 2 heterocycles. The number of benzene rings is 9. The zero-order valence-corrected chi connectivity index (χ0v) is 34.3. The Morgan fingerprint density at radius 3 is 1.27 bits per heavy atom. The third kappa shape index (κ3) is 5.20. The van der Waals surface area contributed by atoms with E-state index in [4.69, 9.17) is 15.0 Å². The fourth-order valence-corrected chi connectivity index (χ4v) is 11.3. The summed E-state index contributed by atoms with van der Waals surface area (Å²) in [5.74, 6) is 1.93. The minimum absolute atomic E-state index is 0.345. The van der Waals surface area contributed by atoms with Gasteiger partial charge in [0.2, 0.25) is 0 Å². The largest absolute Gasteiger partial charge is 0.208 e. The molecule has 0 saturated carbocycles. The molecule has 2 aromatic heterocycles. The standard InChI is InChI=1S/C58H35N3S/c1-2-12-38(13-3-1)55-59-56(61-57(60-55)40-28-24-37(25-29-40)42-30-32-47-46-17-7-11-21-53(46)62-54(47)35-42)39-26-22-36(23-27-39)41-31-33-52-48(34-41)45-16-6-10-20-51(45)58(52)49-18-8-4-14-43(49)44-15-5-9-19-50(44)58/h1-35H. The molecule has 62 heavy (non-hydrogen) atoms. The van der Waals surface area contributed by atoms with Gasteiger partial charge in [0.15, 0.2) is 17.5 Å². The molecule has 13 rings (SSSR count). The van der Waals surface area contributed by atoms with Crippen LogP contribution in [0.15, 0.2) is 212 Å². The molecule has 3 nitrogen and oxygen atoms in total. The zero-order valence-electron chi connectivity index (χ0n) is 33.5. The molecule has 0 aliphatic heterocycles. The lowest BCUT2D eigenvalue weighted by atomic mass is 9.70. The Bertz CT molecular complexity index is 3520. The van der Waals surface area contributed by atoms with Crippen molar-refractivity contribution >= 4 is 31.5 Å². The first kappa shape index (κ1) is 35.0. The van der Waals surface area contributed by atoms with Crippen molar-refractivity contribution in [3.63, 3.8) is 0 Å². The van der Waals surface area contributed by atoms with E-state index in [1.807, 2.05) is 29.5 Å². The lowest BCUT2D eigenvalue weighted by Gasteiger charge is -2.30. The van der Waals surface area contributed by atoms with Crippen molar-refractivity contribution in [2.24, 2.45) is 0 Å². The minimum atomic E-state index is -0.345. The van der Waals surface area contributed by atoms with E-state index in [-0.39, 0.29) is 5.41 Å². The van der Waals surface area contributed by atoms with E-state index in [1.54, 1.807) is 0 Å². The second kappa shape index (κ2) is 13.6. The Balaban J connectivity index is 0.864. The van der Waals surface area contributed by atoms with Crippen molar-refractivity contribution in [3.05, 3.63) is 235 Å². The van der Waals surface area contributed by atoms with Gasteiger partial charge in [-0.1, -0.05) is 194 Å². The van der Waals surface area contributed by atoms with Crippen molar-refractivity contribution in [3.8, 4) is 78.7 Å². The number of aromatic nitrogens is 3. The van der Waals surface area contributed by atoms with Gasteiger partial charge < -0.3 is 0 Å². The zero-order chi connectivity index (χ0) is 40.8. The lowest BCUT2D eigenvalue weighted by molar-refractivity contribution is 0.794. The molecule has 0 unspecified atom stereocenters. The van der Waals surface area contributed by atoms with Crippen LogP contribution in [0.5, 0.6) is 0 Å². The molecule has 0 radical (unpaired) electrons. The summed E-state index contributed by atoms with van der Waals surface area (Å²) >= 11 is 1.84. The van der Waals surface area contributed by atoms with Crippen LogP contribution in [0.1, 0.15) is 22.3 Å². The number of hydrogen-bond acceptors (Lipinski definition) is 4. The molecule has 2 aliphatic rings. The first-order chi connectivity index (χ1) is 30.7. The second-order valence-corrected chi connectivity index (χ2v) is 17.4. The van der Waals surface area contributed by atoms with Gasteiger partial charge in [-0.2, -0.15) is 0 Å². The van der Waals surface area contributed by atoms with E-state index in [9.17, 15) is 0 Å². The molecule has 2 aliphatic carbocycles. The monoisotopic (exact) mass is 805 g/mol. The van der Waals surface area contributed by atoms with Crippen LogP contribution in [-0.4, -0.2) is 15.0 Å². The Hall–Kier alpha value is -7.79. The van der Waals surface area contributed by atoms with Gasteiger partial charge in [0, 0.05) is 36.9 Å². The predicted molar refractivity (Wildman–Crippen MR) is 256 cm³/mol. The molecule has 288 valence electrons. The van der Waals surface area contributed by atoms with Crippen LogP contribution in [0.2, 0.25) is 0 Å². The highest BCUT2D eigenvalue weighted by molar-refractivity contribution is 7.25. The molecule has 0 fully saturated rings. The molecular weight excluding hydrogens is 771 g/mol. The maximum atomic E-state index is 5.10. The molecular formula is C58H35N3S. The van der Waals surface area contributed by atoms with Crippen LogP contribution in [0.3, 0.4) is 0 Å². The van der Waals surface area contributed by atoms with Gasteiger partial charge in [-0.15, -0.1) is 11.3 Å². The van der Waals surface area contributed by atoms with Crippen LogP contribution in [-0.2, 0) is 5.41 Å². The van der Waals surface area contributed by atoms with Crippen molar-refractivity contribution in [2.75, 3.05) is 0 Å². The summed E-state index contributed by atoms with van der Waals surface area (Å²) in [5.41, 5.74) is 17.8. The number of hydrogen-bond donors (Lipinski definition) is 0. The van der Waals surface area contributed by atoms with Crippen LogP contribution >= 0.6 is 11.3 Å². The summed E-state index contributed by atoms with van der Waals surface area (Å²) in [6.45, 7) is 0.